The molecule has 0 saturated carbocycles. The second kappa shape index (κ2) is 3.96. The van der Waals surface area contributed by atoms with Crippen molar-refractivity contribution in [2.45, 2.75) is 39.0 Å². The molecule has 0 aliphatic carbocycles. The molecular weight excluding hydrogens is 164 g/mol. The Hall–Kier alpha value is -0.240. The Morgan fingerprint density at radius 3 is 2.27 bits per heavy atom. The van der Waals surface area contributed by atoms with Crippen LogP contribution in [0.5, 0.6) is 0 Å². The van der Waals surface area contributed by atoms with Crippen LogP contribution in [-0.4, -0.2) is 16.5 Å². The van der Waals surface area contributed by atoms with Crippen LogP contribution in [0.4, 0.5) is 0 Å². The second-order valence-corrected chi connectivity index (χ2v) is 4.58. The zero-order chi connectivity index (χ0) is 9.07. The first-order valence-electron chi connectivity index (χ1n) is 3.67. The highest BCUT2D eigenvalue weighted by atomic mass is 35.5. The van der Waals surface area contributed by atoms with Crippen LogP contribution in [0.3, 0.4) is 0 Å². The molecule has 0 bridgehead atoms. The third-order valence-corrected chi connectivity index (χ3v) is 1.54. The molecule has 0 aliphatic rings. The van der Waals surface area contributed by atoms with Crippen molar-refractivity contribution in [2.24, 2.45) is 5.41 Å². The molecule has 1 unspecified atom stereocenters. The Labute approximate surface area is 72.6 Å². The average Bonchev–Trinajstić information content (AvgIpc) is 1.53. The molecule has 11 heavy (non-hydrogen) atoms. The molecule has 0 radical (unpaired) electrons. The lowest BCUT2D eigenvalue weighted by molar-refractivity contribution is -0.137. The zero-order valence-corrected chi connectivity index (χ0v) is 7.98. The van der Waals surface area contributed by atoms with Gasteiger partial charge in [0.25, 0.3) is 0 Å². The molecule has 3 heteroatoms. The summed E-state index contributed by atoms with van der Waals surface area (Å²) in [5.74, 6) is -0.825. The minimum atomic E-state index is -0.825. The summed E-state index contributed by atoms with van der Waals surface area (Å²) in [6, 6.07) is 0. The van der Waals surface area contributed by atoms with Crippen LogP contribution >= 0.6 is 11.6 Å². The minimum Gasteiger partial charge on any atom is -0.481 e. The van der Waals surface area contributed by atoms with Crippen LogP contribution < -0.4 is 0 Å². The molecule has 0 aliphatic heterocycles. The van der Waals surface area contributed by atoms with E-state index >= 15 is 0 Å². The van der Waals surface area contributed by atoms with Crippen LogP contribution in [0.2, 0.25) is 0 Å². The number of rotatable bonds is 3. The predicted molar refractivity (Wildman–Crippen MR) is 46.0 cm³/mol. The standard InChI is InChI=1S/C8H15ClO2/c1-8(2,3)5-6(9)4-7(10)11/h6H,4-5H2,1-3H3,(H,10,11). The molecule has 2 nitrogen and oxygen atoms in total. The van der Waals surface area contributed by atoms with Gasteiger partial charge in [-0.1, -0.05) is 20.8 Å². The first-order valence-corrected chi connectivity index (χ1v) is 4.11. The van der Waals surface area contributed by atoms with Gasteiger partial charge in [0.2, 0.25) is 0 Å². The summed E-state index contributed by atoms with van der Waals surface area (Å²) in [4.78, 5) is 10.2. The number of carbonyl (C=O) groups is 1. The van der Waals surface area contributed by atoms with Crippen molar-refractivity contribution in [3.05, 3.63) is 0 Å². The number of aliphatic carboxylic acids is 1. The smallest absolute Gasteiger partial charge is 0.304 e. The molecule has 0 spiro atoms. The lowest BCUT2D eigenvalue weighted by Crippen LogP contribution is -2.16. The third-order valence-electron chi connectivity index (χ3n) is 1.23. The second-order valence-electron chi connectivity index (χ2n) is 3.96. The number of alkyl halides is 1. The van der Waals surface area contributed by atoms with Gasteiger partial charge in [0.15, 0.2) is 0 Å². The predicted octanol–water partition coefficient (Wildman–Crippen LogP) is 2.50. The zero-order valence-electron chi connectivity index (χ0n) is 7.22. The van der Waals surface area contributed by atoms with Gasteiger partial charge in [0.05, 0.1) is 6.42 Å². The van der Waals surface area contributed by atoms with Crippen LogP contribution in [-0.2, 0) is 4.79 Å². The number of carboxylic acids is 1. The summed E-state index contributed by atoms with van der Waals surface area (Å²) in [6.45, 7) is 6.14. The van der Waals surface area contributed by atoms with E-state index in [2.05, 4.69) is 0 Å². The summed E-state index contributed by atoms with van der Waals surface area (Å²) in [6.07, 6.45) is 0.791. The Balaban J connectivity index is 3.69. The lowest BCUT2D eigenvalue weighted by Gasteiger charge is -2.20. The van der Waals surface area contributed by atoms with Gasteiger partial charge in [-0.3, -0.25) is 4.79 Å². The summed E-state index contributed by atoms with van der Waals surface area (Å²) >= 11 is 5.78. The van der Waals surface area contributed by atoms with E-state index < -0.39 is 5.97 Å². The van der Waals surface area contributed by atoms with E-state index in [4.69, 9.17) is 16.7 Å². The number of halogens is 1. The van der Waals surface area contributed by atoms with E-state index in [1.807, 2.05) is 20.8 Å². The Bertz CT molecular complexity index is 138. The molecule has 66 valence electrons. The quantitative estimate of drug-likeness (QED) is 0.675. The maximum Gasteiger partial charge on any atom is 0.304 e. The monoisotopic (exact) mass is 178 g/mol. The van der Waals surface area contributed by atoms with Crippen molar-refractivity contribution in [3.8, 4) is 0 Å². The van der Waals surface area contributed by atoms with E-state index in [1.165, 1.54) is 0 Å². The van der Waals surface area contributed by atoms with Gasteiger partial charge in [-0.05, 0) is 11.8 Å². The van der Waals surface area contributed by atoms with E-state index in [0.717, 1.165) is 6.42 Å². The van der Waals surface area contributed by atoms with Gasteiger partial charge >= 0.3 is 5.97 Å². The summed E-state index contributed by atoms with van der Waals surface area (Å²) in [7, 11) is 0. The normalized spacial score (nSPS) is 14.5. The van der Waals surface area contributed by atoms with Crippen molar-refractivity contribution in [1.29, 1.82) is 0 Å². The van der Waals surface area contributed by atoms with Gasteiger partial charge in [-0.2, -0.15) is 0 Å². The van der Waals surface area contributed by atoms with E-state index in [-0.39, 0.29) is 17.2 Å². The molecule has 0 saturated heterocycles. The fourth-order valence-electron chi connectivity index (χ4n) is 0.926. The summed E-state index contributed by atoms with van der Waals surface area (Å²) < 4.78 is 0. The van der Waals surface area contributed by atoms with Gasteiger partial charge < -0.3 is 5.11 Å². The highest BCUT2D eigenvalue weighted by molar-refractivity contribution is 6.21. The topological polar surface area (TPSA) is 37.3 Å². The van der Waals surface area contributed by atoms with Crippen LogP contribution in [0.1, 0.15) is 33.6 Å². The molecule has 0 rings (SSSR count). The molecular formula is C8H15ClO2. The maximum absolute atomic E-state index is 10.2. The van der Waals surface area contributed by atoms with Crippen molar-refractivity contribution < 1.29 is 9.90 Å². The Kier molecular flexibility index (Phi) is 3.87. The number of hydrogen-bond donors (Lipinski definition) is 1. The Morgan fingerprint density at radius 1 is 1.55 bits per heavy atom. The fraction of sp³-hybridized carbons (Fsp3) is 0.875. The number of carboxylic acid groups (broad SMARTS) is 1. The molecule has 0 aromatic rings. The van der Waals surface area contributed by atoms with Gasteiger partial charge in [-0.25, -0.2) is 0 Å². The molecule has 0 aromatic heterocycles. The largest absolute Gasteiger partial charge is 0.481 e. The molecule has 0 amide bonds. The summed E-state index contributed by atoms with van der Waals surface area (Å²) in [5, 5.41) is 8.15. The third kappa shape index (κ3) is 7.66. The maximum atomic E-state index is 10.2. The Morgan fingerprint density at radius 2 is 2.00 bits per heavy atom. The highest BCUT2D eigenvalue weighted by Crippen LogP contribution is 2.25. The van der Waals surface area contributed by atoms with E-state index in [1.54, 1.807) is 0 Å². The first kappa shape index (κ1) is 10.8. The SMILES string of the molecule is CC(C)(C)CC(Cl)CC(=O)O. The molecule has 1 N–H and O–H groups in total. The van der Waals surface area contributed by atoms with Gasteiger partial charge in [0.1, 0.15) is 0 Å². The van der Waals surface area contributed by atoms with Crippen LogP contribution in [0, 0.1) is 5.41 Å². The number of hydrogen-bond acceptors (Lipinski definition) is 1. The van der Waals surface area contributed by atoms with Crippen molar-refractivity contribution in [1.82, 2.24) is 0 Å². The highest BCUT2D eigenvalue weighted by Gasteiger charge is 2.18. The molecule has 1 atom stereocenters. The van der Waals surface area contributed by atoms with Crippen LogP contribution in [0.15, 0.2) is 0 Å². The first-order chi connectivity index (χ1) is 4.81. The average molecular weight is 179 g/mol. The summed E-state index contributed by atoms with van der Waals surface area (Å²) in [5.41, 5.74) is 0.113. The molecule has 0 fully saturated rings. The van der Waals surface area contributed by atoms with Gasteiger partial charge in [0, 0.05) is 5.38 Å². The molecule has 0 aromatic carbocycles. The van der Waals surface area contributed by atoms with Gasteiger partial charge in [-0.15, -0.1) is 11.6 Å². The fourth-order valence-corrected chi connectivity index (χ4v) is 1.52. The molecule has 0 heterocycles. The van der Waals surface area contributed by atoms with E-state index in [0.29, 0.717) is 0 Å². The van der Waals surface area contributed by atoms with E-state index in [9.17, 15) is 4.79 Å². The van der Waals surface area contributed by atoms with Crippen molar-refractivity contribution >= 4 is 17.6 Å². The lowest BCUT2D eigenvalue weighted by atomic mass is 9.89. The van der Waals surface area contributed by atoms with Crippen LogP contribution in [0.25, 0.3) is 0 Å². The van der Waals surface area contributed by atoms with Crippen molar-refractivity contribution in [2.75, 3.05) is 0 Å². The van der Waals surface area contributed by atoms with Crippen molar-refractivity contribution in [3.63, 3.8) is 0 Å². The minimum absolute atomic E-state index is 0.0544.